The van der Waals surface area contributed by atoms with Crippen LogP contribution in [0.3, 0.4) is 0 Å². The van der Waals surface area contributed by atoms with Crippen molar-refractivity contribution in [3.05, 3.63) is 60.8 Å². The van der Waals surface area contributed by atoms with Crippen LogP contribution in [-0.2, 0) is 4.79 Å². The van der Waals surface area contributed by atoms with Crippen molar-refractivity contribution >= 4 is 5.91 Å². The molecule has 4 nitrogen and oxygen atoms in total. The maximum Gasteiger partial charge on any atom is 0.220 e. The molecule has 4 heteroatoms. The summed E-state index contributed by atoms with van der Waals surface area (Å²) in [5.41, 5.74) is 0. The monoisotopic (exact) mass is 628 g/mol. The average molecular weight is 628 g/mol. The molecule has 0 aliphatic carbocycles. The molecule has 0 fully saturated rings. The molecule has 0 aromatic rings. The Morgan fingerprint density at radius 2 is 0.956 bits per heavy atom. The normalized spacial score (nSPS) is 13.8. The summed E-state index contributed by atoms with van der Waals surface area (Å²) in [5.74, 6) is -0.0903. The Morgan fingerprint density at radius 1 is 0.556 bits per heavy atom. The highest BCUT2D eigenvalue weighted by Gasteiger charge is 2.19. The first-order valence-corrected chi connectivity index (χ1v) is 19.0. The van der Waals surface area contributed by atoms with Crippen LogP contribution >= 0.6 is 0 Å². The van der Waals surface area contributed by atoms with Gasteiger partial charge in [0.25, 0.3) is 0 Å². The first-order valence-electron chi connectivity index (χ1n) is 19.0. The lowest BCUT2D eigenvalue weighted by atomic mass is 10.0. The van der Waals surface area contributed by atoms with E-state index in [1.165, 1.54) is 89.9 Å². The highest BCUT2D eigenvalue weighted by atomic mass is 16.3. The molecule has 0 aromatic heterocycles. The number of nitrogens with one attached hydrogen (secondary N) is 1. The number of aliphatic hydroxyl groups is 2. The minimum Gasteiger partial charge on any atom is -0.394 e. The predicted molar refractivity (Wildman–Crippen MR) is 197 cm³/mol. The van der Waals surface area contributed by atoms with Gasteiger partial charge >= 0.3 is 0 Å². The van der Waals surface area contributed by atoms with Crippen molar-refractivity contribution in [1.29, 1.82) is 0 Å². The molecule has 0 saturated carbocycles. The Labute approximate surface area is 279 Å². The molecular formula is C41H73NO3. The van der Waals surface area contributed by atoms with E-state index in [-0.39, 0.29) is 12.5 Å². The fourth-order valence-electron chi connectivity index (χ4n) is 5.39. The molecule has 260 valence electrons. The SMILES string of the molecule is CC/C=C\C/C=C\C/C=C\C/C=C\C/C=C\CCCC(=O)NC(CO)C(O)CCCCCCCCCCCCCCCCCC. The fraction of sp³-hybridized carbons (Fsp3) is 0.732. The van der Waals surface area contributed by atoms with Gasteiger partial charge in [0.1, 0.15) is 0 Å². The standard InChI is InChI=1S/C41H73NO3/c1-3-5-7-9-11-13-15-17-19-21-23-25-27-29-31-33-35-37-41(45)42-39(38-43)40(44)36-34-32-30-28-26-24-22-20-18-16-14-12-10-8-6-4-2/h5,7,11,13,17,19,23,25,29,31,39-40,43-44H,3-4,6,8-10,12,14-16,18,20-22,24,26-28,30,32-38H2,1-2H3,(H,42,45)/b7-5-,13-11-,19-17-,25-23-,31-29-. The molecule has 0 bridgehead atoms. The zero-order valence-corrected chi connectivity index (χ0v) is 29.6. The summed E-state index contributed by atoms with van der Waals surface area (Å²) < 4.78 is 0. The van der Waals surface area contributed by atoms with E-state index in [4.69, 9.17) is 0 Å². The summed E-state index contributed by atoms with van der Waals surface area (Å²) in [6, 6.07) is -0.567. The minimum absolute atomic E-state index is 0.0903. The maximum atomic E-state index is 12.3. The number of carbonyl (C=O) groups is 1. The van der Waals surface area contributed by atoms with Crippen LogP contribution in [0.5, 0.6) is 0 Å². The smallest absolute Gasteiger partial charge is 0.220 e. The molecule has 0 aliphatic rings. The summed E-state index contributed by atoms with van der Waals surface area (Å²) in [5, 5.41) is 23.0. The molecular weight excluding hydrogens is 554 g/mol. The molecule has 0 heterocycles. The summed E-state index contributed by atoms with van der Waals surface area (Å²) in [4.78, 5) is 12.3. The maximum absolute atomic E-state index is 12.3. The van der Waals surface area contributed by atoms with Crippen LogP contribution in [0.25, 0.3) is 0 Å². The van der Waals surface area contributed by atoms with E-state index in [1.807, 2.05) is 0 Å². The van der Waals surface area contributed by atoms with Gasteiger partial charge in [-0.1, -0.05) is 177 Å². The number of rotatable bonds is 33. The molecule has 2 atom stereocenters. The number of carbonyl (C=O) groups excluding carboxylic acids is 1. The molecule has 0 aromatic carbocycles. The lowest BCUT2D eigenvalue weighted by Crippen LogP contribution is -2.45. The predicted octanol–water partition coefficient (Wildman–Crippen LogP) is 11.4. The van der Waals surface area contributed by atoms with Crippen LogP contribution in [0.15, 0.2) is 60.8 Å². The van der Waals surface area contributed by atoms with Crippen molar-refractivity contribution < 1.29 is 15.0 Å². The second kappa shape index (κ2) is 36.6. The second-order valence-electron chi connectivity index (χ2n) is 12.6. The van der Waals surface area contributed by atoms with E-state index in [0.29, 0.717) is 12.8 Å². The number of unbranched alkanes of at least 4 members (excludes halogenated alkanes) is 16. The fourth-order valence-corrected chi connectivity index (χ4v) is 5.39. The van der Waals surface area contributed by atoms with Crippen LogP contribution in [0.1, 0.15) is 174 Å². The zero-order chi connectivity index (χ0) is 32.9. The average Bonchev–Trinajstić information content (AvgIpc) is 3.04. The van der Waals surface area contributed by atoms with Crippen LogP contribution in [-0.4, -0.2) is 34.9 Å². The van der Waals surface area contributed by atoms with Crippen LogP contribution in [0.2, 0.25) is 0 Å². The summed E-state index contributed by atoms with van der Waals surface area (Å²) in [7, 11) is 0. The first kappa shape index (κ1) is 43.1. The molecule has 0 spiro atoms. The number of amides is 1. The minimum atomic E-state index is -0.684. The summed E-state index contributed by atoms with van der Waals surface area (Å²) in [6.07, 6.45) is 49.9. The van der Waals surface area contributed by atoms with E-state index in [2.05, 4.69) is 79.9 Å². The van der Waals surface area contributed by atoms with Crippen LogP contribution < -0.4 is 5.32 Å². The topological polar surface area (TPSA) is 69.6 Å². The van der Waals surface area contributed by atoms with Crippen molar-refractivity contribution in [1.82, 2.24) is 5.32 Å². The third-order valence-electron chi connectivity index (χ3n) is 8.29. The third kappa shape index (κ3) is 33.3. The van der Waals surface area contributed by atoms with E-state index in [1.54, 1.807) is 0 Å². The first-order chi connectivity index (χ1) is 22.2. The largest absolute Gasteiger partial charge is 0.394 e. The highest BCUT2D eigenvalue weighted by molar-refractivity contribution is 5.76. The molecule has 2 unspecified atom stereocenters. The number of allylic oxidation sites excluding steroid dienone is 10. The van der Waals surface area contributed by atoms with Gasteiger partial charge in [-0.05, 0) is 51.4 Å². The number of aliphatic hydroxyl groups excluding tert-OH is 2. The summed E-state index contributed by atoms with van der Waals surface area (Å²) in [6.45, 7) is 4.21. The van der Waals surface area contributed by atoms with Gasteiger partial charge < -0.3 is 15.5 Å². The number of hydrogen-bond acceptors (Lipinski definition) is 3. The van der Waals surface area contributed by atoms with Crippen molar-refractivity contribution in [3.8, 4) is 0 Å². The van der Waals surface area contributed by atoms with Gasteiger partial charge in [-0.3, -0.25) is 4.79 Å². The quantitative estimate of drug-likeness (QED) is 0.0501. The van der Waals surface area contributed by atoms with Crippen molar-refractivity contribution in [3.63, 3.8) is 0 Å². The van der Waals surface area contributed by atoms with E-state index < -0.39 is 12.1 Å². The van der Waals surface area contributed by atoms with E-state index >= 15 is 0 Å². The van der Waals surface area contributed by atoms with E-state index in [9.17, 15) is 15.0 Å². The van der Waals surface area contributed by atoms with Gasteiger partial charge in [0.15, 0.2) is 0 Å². The van der Waals surface area contributed by atoms with Crippen molar-refractivity contribution in [2.45, 2.75) is 187 Å². The molecule has 1 amide bonds. The van der Waals surface area contributed by atoms with Crippen LogP contribution in [0.4, 0.5) is 0 Å². The van der Waals surface area contributed by atoms with Gasteiger partial charge in [-0.2, -0.15) is 0 Å². The second-order valence-corrected chi connectivity index (χ2v) is 12.6. The highest BCUT2D eigenvalue weighted by Crippen LogP contribution is 2.15. The molecule has 0 rings (SSSR count). The van der Waals surface area contributed by atoms with Gasteiger partial charge in [-0.15, -0.1) is 0 Å². The molecule has 0 saturated heterocycles. The van der Waals surface area contributed by atoms with Gasteiger partial charge in [0, 0.05) is 6.42 Å². The zero-order valence-electron chi connectivity index (χ0n) is 29.6. The Morgan fingerprint density at radius 3 is 1.38 bits per heavy atom. The Hall–Kier alpha value is -1.91. The number of hydrogen-bond donors (Lipinski definition) is 3. The summed E-state index contributed by atoms with van der Waals surface area (Å²) >= 11 is 0. The van der Waals surface area contributed by atoms with Gasteiger partial charge in [-0.25, -0.2) is 0 Å². The third-order valence-corrected chi connectivity index (χ3v) is 8.29. The van der Waals surface area contributed by atoms with E-state index in [0.717, 1.165) is 57.8 Å². The molecule has 45 heavy (non-hydrogen) atoms. The van der Waals surface area contributed by atoms with Crippen molar-refractivity contribution in [2.24, 2.45) is 0 Å². The lowest BCUT2D eigenvalue weighted by molar-refractivity contribution is -0.123. The molecule has 0 radical (unpaired) electrons. The van der Waals surface area contributed by atoms with Gasteiger partial charge in [0.05, 0.1) is 18.8 Å². The van der Waals surface area contributed by atoms with Crippen LogP contribution in [0, 0.1) is 0 Å². The Bertz CT molecular complexity index is 767. The molecule has 0 aliphatic heterocycles. The molecule has 3 N–H and O–H groups in total. The Kier molecular flexibility index (Phi) is 35.0. The van der Waals surface area contributed by atoms with Crippen molar-refractivity contribution in [2.75, 3.05) is 6.61 Å². The lowest BCUT2D eigenvalue weighted by Gasteiger charge is -2.22. The Balaban J connectivity index is 3.69. The van der Waals surface area contributed by atoms with Gasteiger partial charge in [0.2, 0.25) is 5.91 Å².